The highest BCUT2D eigenvalue weighted by atomic mass is 79.9. The molecule has 0 atom stereocenters. The highest BCUT2D eigenvalue weighted by Gasteiger charge is 2.11. The molecule has 0 saturated heterocycles. The molecule has 31 heavy (non-hydrogen) atoms. The van der Waals surface area contributed by atoms with E-state index in [4.69, 9.17) is 16.6 Å². The first kappa shape index (κ1) is 19.7. The van der Waals surface area contributed by atoms with Crippen LogP contribution in [0.2, 0.25) is 5.02 Å². The summed E-state index contributed by atoms with van der Waals surface area (Å²) in [5, 5.41) is 7.17. The Bertz CT molecular complexity index is 1450. The van der Waals surface area contributed by atoms with Crippen molar-refractivity contribution in [2.75, 3.05) is 5.43 Å². The van der Waals surface area contributed by atoms with Gasteiger partial charge in [0.1, 0.15) is 5.82 Å². The first-order valence-corrected chi connectivity index (χ1v) is 10.8. The van der Waals surface area contributed by atoms with Crippen molar-refractivity contribution in [2.45, 2.75) is 0 Å². The zero-order valence-corrected chi connectivity index (χ0v) is 18.6. The Morgan fingerprint density at radius 3 is 2.65 bits per heavy atom. The normalized spacial score (nSPS) is 11.4. The van der Waals surface area contributed by atoms with Gasteiger partial charge in [0.15, 0.2) is 0 Å². The lowest BCUT2D eigenvalue weighted by Gasteiger charge is -2.11. The molecule has 1 N–H and O–H groups in total. The molecule has 0 amide bonds. The van der Waals surface area contributed by atoms with Crippen LogP contribution >= 0.6 is 27.5 Å². The van der Waals surface area contributed by atoms with Gasteiger partial charge < -0.3 is 0 Å². The van der Waals surface area contributed by atoms with Crippen LogP contribution in [0.1, 0.15) is 5.56 Å². The third kappa shape index (κ3) is 4.15. The summed E-state index contributed by atoms with van der Waals surface area (Å²) in [5.41, 5.74) is 7.80. The molecule has 0 aliphatic rings. The van der Waals surface area contributed by atoms with Gasteiger partial charge in [-0.3, -0.25) is 10.4 Å². The van der Waals surface area contributed by atoms with E-state index in [1.807, 2.05) is 72.8 Å². The van der Waals surface area contributed by atoms with Gasteiger partial charge in [-0.1, -0.05) is 57.9 Å². The average Bonchev–Trinajstić information content (AvgIpc) is 2.79. The van der Waals surface area contributed by atoms with E-state index in [9.17, 15) is 0 Å². The Balaban J connectivity index is 1.51. The lowest BCUT2D eigenvalue weighted by atomic mass is 10.0. The number of halogens is 2. The predicted octanol–water partition coefficient (Wildman–Crippen LogP) is 7.31. The van der Waals surface area contributed by atoms with Gasteiger partial charge in [-0.05, 0) is 59.7 Å². The number of anilines is 1. The van der Waals surface area contributed by atoms with Crippen LogP contribution in [0.25, 0.3) is 32.9 Å². The van der Waals surface area contributed by atoms with Crippen LogP contribution in [0.4, 0.5) is 5.82 Å². The molecular formula is C25H16BrClN4. The minimum atomic E-state index is 0.642. The van der Waals surface area contributed by atoms with Crippen LogP contribution in [0, 0.1) is 0 Å². The Morgan fingerprint density at radius 2 is 1.74 bits per heavy atom. The van der Waals surface area contributed by atoms with Crippen LogP contribution in [0.3, 0.4) is 0 Å². The molecule has 0 spiro atoms. The monoisotopic (exact) mass is 486 g/mol. The lowest BCUT2D eigenvalue weighted by molar-refractivity contribution is 1.26. The van der Waals surface area contributed by atoms with Gasteiger partial charge in [-0.2, -0.15) is 5.10 Å². The summed E-state index contributed by atoms with van der Waals surface area (Å²) >= 11 is 10.1. The Morgan fingerprint density at radius 1 is 0.871 bits per heavy atom. The van der Waals surface area contributed by atoms with E-state index >= 15 is 0 Å². The van der Waals surface area contributed by atoms with E-state index in [1.54, 1.807) is 12.4 Å². The maximum Gasteiger partial charge on any atom is 0.147 e. The van der Waals surface area contributed by atoms with E-state index < -0.39 is 0 Å². The molecule has 0 aliphatic heterocycles. The quantitative estimate of drug-likeness (QED) is 0.213. The summed E-state index contributed by atoms with van der Waals surface area (Å²) in [5.74, 6) is 0.642. The van der Waals surface area contributed by atoms with Crippen LogP contribution < -0.4 is 5.43 Å². The van der Waals surface area contributed by atoms with Gasteiger partial charge in [-0.15, -0.1) is 0 Å². The van der Waals surface area contributed by atoms with Crippen molar-refractivity contribution in [3.05, 3.63) is 100 Å². The summed E-state index contributed by atoms with van der Waals surface area (Å²) < 4.78 is 0.986. The fraction of sp³-hybridized carbons (Fsp3) is 0. The lowest BCUT2D eigenvalue weighted by Crippen LogP contribution is -1.96. The van der Waals surface area contributed by atoms with E-state index in [-0.39, 0.29) is 0 Å². The van der Waals surface area contributed by atoms with Crippen LogP contribution in [-0.2, 0) is 0 Å². The zero-order chi connectivity index (χ0) is 21.2. The van der Waals surface area contributed by atoms with Crippen molar-refractivity contribution < 1.29 is 0 Å². The van der Waals surface area contributed by atoms with Gasteiger partial charge in [0.2, 0.25) is 0 Å². The Kier molecular flexibility index (Phi) is 5.37. The maximum atomic E-state index is 6.50. The van der Waals surface area contributed by atoms with Crippen molar-refractivity contribution in [1.29, 1.82) is 0 Å². The number of pyridine rings is 2. The topological polar surface area (TPSA) is 50.2 Å². The summed E-state index contributed by atoms with van der Waals surface area (Å²) in [6.07, 6.45) is 3.56. The van der Waals surface area contributed by atoms with E-state index in [0.717, 1.165) is 43.0 Å². The van der Waals surface area contributed by atoms with Crippen molar-refractivity contribution in [1.82, 2.24) is 9.97 Å². The molecule has 4 nitrogen and oxygen atoms in total. The number of hydrogen-bond donors (Lipinski definition) is 1. The molecule has 0 unspecified atom stereocenters. The third-order valence-electron chi connectivity index (χ3n) is 4.95. The highest BCUT2D eigenvalue weighted by molar-refractivity contribution is 9.10. The largest absolute Gasteiger partial charge is 0.261 e. The van der Waals surface area contributed by atoms with Crippen molar-refractivity contribution in [3.8, 4) is 11.1 Å². The van der Waals surface area contributed by atoms with Crippen LogP contribution in [0.5, 0.6) is 0 Å². The molecule has 0 saturated carbocycles. The van der Waals surface area contributed by atoms with E-state index in [1.165, 1.54) is 0 Å². The number of rotatable bonds is 4. The maximum absolute atomic E-state index is 6.50. The second-order valence-corrected chi connectivity index (χ2v) is 8.34. The van der Waals surface area contributed by atoms with Gasteiger partial charge in [-0.25, -0.2) is 4.98 Å². The van der Waals surface area contributed by atoms with Crippen LogP contribution in [0.15, 0.2) is 94.6 Å². The zero-order valence-electron chi connectivity index (χ0n) is 16.3. The van der Waals surface area contributed by atoms with Crippen molar-refractivity contribution in [2.24, 2.45) is 5.10 Å². The van der Waals surface area contributed by atoms with Gasteiger partial charge in [0.05, 0.1) is 17.2 Å². The number of hydrazone groups is 1. The number of fused-ring (bicyclic) bond motifs is 2. The second-order valence-electron chi connectivity index (χ2n) is 7.02. The molecule has 5 aromatic rings. The summed E-state index contributed by atoms with van der Waals surface area (Å²) in [7, 11) is 0. The molecule has 2 aromatic heterocycles. The number of aromatic nitrogens is 2. The fourth-order valence-corrected chi connectivity index (χ4v) is 4.10. The standard InChI is InChI=1S/C25H16BrClN4/c26-18-8-10-24-21(13-18)20(19-5-1-2-6-22(19)27)14-25(30-24)31-29-15-16-7-9-23-17(12-16)4-3-11-28-23/h1-15H,(H,30,31). The van der Waals surface area contributed by atoms with Gasteiger partial charge >= 0.3 is 0 Å². The smallest absolute Gasteiger partial charge is 0.147 e. The molecule has 0 radical (unpaired) electrons. The number of benzene rings is 3. The SMILES string of the molecule is Clc1ccccc1-c1cc(NN=Cc2ccc3ncccc3c2)nc2ccc(Br)cc12. The number of hydrogen-bond acceptors (Lipinski definition) is 4. The van der Waals surface area contributed by atoms with E-state index in [2.05, 4.69) is 37.5 Å². The number of nitrogens with zero attached hydrogens (tertiary/aromatic N) is 3. The first-order valence-electron chi connectivity index (χ1n) is 9.66. The van der Waals surface area contributed by atoms with Crippen molar-refractivity contribution in [3.63, 3.8) is 0 Å². The molecule has 0 bridgehead atoms. The second kappa shape index (κ2) is 8.46. The average molecular weight is 488 g/mol. The molecule has 3 aromatic carbocycles. The minimum absolute atomic E-state index is 0.642. The highest BCUT2D eigenvalue weighted by Crippen LogP contribution is 2.35. The Hall–Kier alpha value is -3.28. The molecule has 0 aliphatic carbocycles. The molecule has 6 heteroatoms. The first-order chi connectivity index (χ1) is 15.2. The molecule has 150 valence electrons. The molecular weight excluding hydrogens is 472 g/mol. The molecule has 0 fully saturated rings. The number of nitrogens with one attached hydrogen (secondary N) is 1. The van der Waals surface area contributed by atoms with Crippen LogP contribution in [-0.4, -0.2) is 16.2 Å². The predicted molar refractivity (Wildman–Crippen MR) is 133 cm³/mol. The third-order valence-corrected chi connectivity index (χ3v) is 5.78. The minimum Gasteiger partial charge on any atom is -0.261 e. The van der Waals surface area contributed by atoms with Crippen molar-refractivity contribution >= 4 is 61.4 Å². The molecule has 2 heterocycles. The van der Waals surface area contributed by atoms with E-state index in [0.29, 0.717) is 10.8 Å². The Labute approximate surface area is 192 Å². The van der Waals surface area contributed by atoms with Gasteiger partial charge in [0, 0.05) is 32.0 Å². The summed E-state index contributed by atoms with van der Waals surface area (Å²) in [6, 6.07) is 25.8. The summed E-state index contributed by atoms with van der Waals surface area (Å²) in [6.45, 7) is 0. The van der Waals surface area contributed by atoms with Gasteiger partial charge in [0.25, 0.3) is 0 Å². The molecule has 5 rings (SSSR count). The summed E-state index contributed by atoms with van der Waals surface area (Å²) in [4.78, 5) is 9.06. The fourth-order valence-electron chi connectivity index (χ4n) is 3.51.